The Bertz CT molecular complexity index is 339. The van der Waals surface area contributed by atoms with Gasteiger partial charge in [-0.3, -0.25) is 4.79 Å². The van der Waals surface area contributed by atoms with Crippen LogP contribution < -0.4 is 10.9 Å². The first kappa shape index (κ1) is 9.46. The van der Waals surface area contributed by atoms with Gasteiger partial charge in [-0.25, -0.2) is 0 Å². The van der Waals surface area contributed by atoms with Crippen LogP contribution in [0.1, 0.15) is 12.8 Å². The van der Waals surface area contributed by atoms with Crippen LogP contribution in [0.2, 0.25) is 0 Å². The van der Waals surface area contributed by atoms with Gasteiger partial charge < -0.3 is 9.88 Å². The summed E-state index contributed by atoms with van der Waals surface area (Å²) < 4.78 is 1.80. The van der Waals surface area contributed by atoms with Crippen LogP contribution in [0.4, 0.5) is 0 Å². The van der Waals surface area contributed by atoms with Crippen LogP contribution in [0.5, 0.6) is 0 Å². The van der Waals surface area contributed by atoms with Crippen molar-refractivity contribution in [1.82, 2.24) is 9.88 Å². The van der Waals surface area contributed by atoms with Gasteiger partial charge >= 0.3 is 0 Å². The van der Waals surface area contributed by atoms with Crippen LogP contribution in [0.25, 0.3) is 0 Å². The topological polar surface area (TPSA) is 34.0 Å². The van der Waals surface area contributed by atoms with Crippen molar-refractivity contribution < 1.29 is 0 Å². The molecule has 76 valence electrons. The Morgan fingerprint density at radius 3 is 3.14 bits per heavy atom. The Balaban J connectivity index is 2.03. The van der Waals surface area contributed by atoms with Crippen LogP contribution in [-0.4, -0.2) is 17.7 Å². The van der Waals surface area contributed by atoms with Crippen LogP contribution >= 0.6 is 0 Å². The third-order valence-electron chi connectivity index (χ3n) is 2.75. The average molecular weight is 192 g/mol. The fraction of sp³-hybridized carbons (Fsp3) is 0.545. The summed E-state index contributed by atoms with van der Waals surface area (Å²) in [4.78, 5) is 11.4. The lowest BCUT2D eigenvalue weighted by Gasteiger charge is -2.23. The summed E-state index contributed by atoms with van der Waals surface area (Å²) in [5.74, 6) is 0.615. The largest absolute Gasteiger partial charge is 0.316 e. The summed E-state index contributed by atoms with van der Waals surface area (Å²) in [7, 11) is 0. The third kappa shape index (κ3) is 2.23. The summed E-state index contributed by atoms with van der Waals surface area (Å²) in [6.45, 7) is 3.02. The smallest absolute Gasteiger partial charge is 0.250 e. The second-order valence-electron chi connectivity index (χ2n) is 3.90. The summed E-state index contributed by atoms with van der Waals surface area (Å²) in [6.07, 6.45) is 4.33. The molecule has 0 bridgehead atoms. The maximum Gasteiger partial charge on any atom is 0.250 e. The Morgan fingerprint density at radius 2 is 2.43 bits per heavy atom. The van der Waals surface area contributed by atoms with Gasteiger partial charge in [0.2, 0.25) is 0 Å². The number of nitrogens with one attached hydrogen (secondary N) is 1. The molecule has 0 spiro atoms. The summed E-state index contributed by atoms with van der Waals surface area (Å²) in [5, 5.41) is 3.36. The summed E-state index contributed by atoms with van der Waals surface area (Å²) in [6, 6.07) is 5.33. The van der Waals surface area contributed by atoms with Crippen molar-refractivity contribution in [2.75, 3.05) is 13.1 Å². The van der Waals surface area contributed by atoms with Crippen molar-refractivity contribution in [3.8, 4) is 0 Å². The molecule has 1 fully saturated rings. The second kappa shape index (κ2) is 4.42. The Morgan fingerprint density at radius 1 is 1.50 bits per heavy atom. The number of hydrogen-bond acceptors (Lipinski definition) is 2. The maximum absolute atomic E-state index is 11.4. The maximum atomic E-state index is 11.4. The van der Waals surface area contributed by atoms with E-state index in [0.29, 0.717) is 5.92 Å². The van der Waals surface area contributed by atoms with Crippen LogP contribution in [0.15, 0.2) is 29.2 Å². The second-order valence-corrected chi connectivity index (χ2v) is 3.90. The molecular formula is C11H16N2O. The molecule has 3 nitrogen and oxygen atoms in total. The highest BCUT2D eigenvalue weighted by molar-refractivity contribution is 4.93. The van der Waals surface area contributed by atoms with Gasteiger partial charge in [-0.2, -0.15) is 0 Å². The van der Waals surface area contributed by atoms with Gasteiger partial charge in [0.15, 0.2) is 0 Å². The molecule has 1 saturated heterocycles. The van der Waals surface area contributed by atoms with Crippen molar-refractivity contribution in [2.24, 2.45) is 5.92 Å². The zero-order valence-corrected chi connectivity index (χ0v) is 8.28. The molecule has 1 aromatic rings. The quantitative estimate of drug-likeness (QED) is 0.753. The molecule has 1 aliphatic heterocycles. The molecule has 0 aromatic carbocycles. The van der Waals surface area contributed by atoms with Gasteiger partial charge in [-0.15, -0.1) is 0 Å². The molecule has 0 radical (unpaired) electrons. The summed E-state index contributed by atoms with van der Waals surface area (Å²) >= 11 is 0. The molecule has 3 heteroatoms. The van der Waals surface area contributed by atoms with Crippen molar-refractivity contribution in [1.29, 1.82) is 0 Å². The fourth-order valence-corrected chi connectivity index (χ4v) is 1.97. The van der Waals surface area contributed by atoms with E-state index in [1.54, 1.807) is 16.7 Å². The molecule has 0 amide bonds. The van der Waals surface area contributed by atoms with Gasteiger partial charge in [0.05, 0.1) is 0 Å². The van der Waals surface area contributed by atoms with E-state index < -0.39 is 0 Å². The lowest BCUT2D eigenvalue weighted by atomic mass is 10.00. The van der Waals surface area contributed by atoms with Crippen molar-refractivity contribution >= 4 is 0 Å². The minimum absolute atomic E-state index is 0.109. The minimum Gasteiger partial charge on any atom is -0.316 e. The lowest BCUT2D eigenvalue weighted by Crippen LogP contribution is -2.34. The van der Waals surface area contributed by atoms with Gasteiger partial charge in [-0.1, -0.05) is 6.07 Å². The highest BCUT2D eigenvalue weighted by Gasteiger charge is 2.13. The van der Waals surface area contributed by atoms with Crippen molar-refractivity contribution in [3.05, 3.63) is 34.7 Å². The van der Waals surface area contributed by atoms with Crippen LogP contribution in [-0.2, 0) is 6.54 Å². The van der Waals surface area contributed by atoms with Crippen LogP contribution in [0.3, 0.4) is 0 Å². The van der Waals surface area contributed by atoms with Gasteiger partial charge in [-0.05, 0) is 37.9 Å². The summed E-state index contributed by atoms with van der Waals surface area (Å²) in [5.41, 5.74) is 0.109. The molecule has 0 unspecified atom stereocenters. The number of aromatic nitrogens is 1. The zero-order chi connectivity index (χ0) is 9.80. The molecule has 1 aromatic heterocycles. The first-order valence-electron chi connectivity index (χ1n) is 5.22. The monoisotopic (exact) mass is 192 g/mol. The molecule has 1 atom stereocenters. The zero-order valence-electron chi connectivity index (χ0n) is 8.28. The number of pyridine rings is 1. The van der Waals surface area contributed by atoms with E-state index >= 15 is 0 Å². The molecular weight excluding hydrogens is 176 g/mol. The fourth-order valence-electron chi connectivity index (χ4n) is 1.97. The first-order chi connectivity index (χ1) is 6.86. The molecule has 1 aliphatic rings. The first-order valence-corrected chi connectivity index (χ1v) is 5.22. The van der Waals surface area contributed by atoms with E-state index in [2.05, 4.69) is 5.32 Å². The SMILES string of the molecule is O=c1ccccn1C[C@H]1CCCNC1. The normalized spacial score (nSPS) is 22.1. The molecule has 0 aliphatic carbocycles. The number of nitrogens with zero attached hydrogens (tertiary/aromatic N) is 1. The molecule has 2 rings (SSSR count). The predicted molar refractivity (Wildman–Crippen MR) is 56.3 cm³/mol. The van der Waals surface area contributed by atoms with Gasteiger partial charge in [0, 0.05) is 18.8 Å². The van der Waals surface area contributed by atoms with E-state index in [-0.39, 0.29) is 5.56 Å². The molecule has 14 heavy (non-hydrogen) atoms. The van der Waals surface area contributed by atoms with E-state index in [1.807, 2.05) is 12.3 Å². The molecule has 2 heterocycles. The Kier molecular flexibility index (Phi) is 2.99. The number of rotatable bonds is 2. The number of hydrogen-bond donors (Lipinski definition) is 1. The Labute approximate surface area is 83.8 Å². The standard InChI is InChI=1S/C11H16N2O/c14-11-5-1-2-7-13(11)9-10-4-3-6-12-8-10/h1-2,5,7,10,12H,3-4,6,8-9H2/t10-/m0/s1. The highest BCUT2D eigenvalue weighted by Crippen LogP contribution is 2.11. The minimum atomic E-state index is 0.109. The molecule has 1 N–H and O–H groups in total. The van der Waals surface area contributed by atoms with Crippen LogP contribution in [0, 0.1) is 5.92 Å². The van der Waals surface area contributed by atoms with E-state index in [4.69, 9.17) is 0 Å². The van der Waals surface area contributed by atoms with Crippen molar-refractivity contribution in [3.63, 3.8) is 0 Å². The Hall–Kier alpha value is -1.09. The van der Waals surface area contributed by atoms with Gasteiger partial charge in [0.25, 0.3) is 5.56 Å². The van der Waals surface area contributed by atoms with E-state index in [9.17, 15) is 4.79 Å². The number of piperidine rings is 1. The highest BCUT2D eigenvalue weighted by atomic mass is 16.1. The van der Waals surface area contributed by atoms with Crippen molar-refractivity contribution in [2.45, 2.75) is 19.4 Å². The predicted octanol–water partition coefficient (Wildman–Crippen LogP) is 0.848. The lowest BCUT2D eigenvalue weighted by molar-refractivity contribution is 0.334. The average Bonchev–Trinajstić information content (AvgIpc) is 2.23. The molecule has 0 saturated carbocycles. The van der Waals surface area contributed by atoms with E-state index in [0.717, 1.165) is 19.6 Å². The van der Waals surface area contributed by atoms with Gasteiger partial charge in [0.1, 0.15) is 0 Å². The third-order valence-corrected chi connectivity index (χ3v) is 2.75. The van der Waals surface area contributed by atoms with E-state index in [1.165, 1.54) is 12.8 Å².